The standard InChI is InChI=1S/C17H24N2O/c1-5-6-10-15-16(14-9-7-8-13(4)11-14)19(12(2)3)18-17(15)20/h7-9,11-12H,5-6,10H2,1-4H3,(H,18,20). The van der Waals surface area contributed by atoms with Crippen LogP contribution in [-0.2, 0) is 6.42 Å². The van der Waals surface area contributed by atoms with E-state index in [1.165, 1.54) is 5.56 Å². The first-order chi connectivity index (χ1) is 9.54. The summed E-state index contributed by atoms with van der Waals surface area (Å²) in [4.78, 5) is 12.3. The fourth-order valence-corrected chi connectivity index (χ4v) is 2.56. The van der Waals surface area contributed by atoms with E-state index in [2.05, 4.69) is 57.1 Å². The minimum absolute atomic E-state index is 0.0589. The molecule has 1 aromatic carbocycles. The van der Waals surface area contributed by atoms with Gasteiger partial charge in [0.25, 0.3) is 5.56 Å². The molecule has 3 nitrogen and oxygen atoms in total. The summed E-state index contributed by atoms with van der Waals surface area (Å²) in [6.45, 7) is 8.43. The number of H-pyrrole nitrogens is 1. The van der Waals surface area contributed by atoms with Gasteiger partial charge >= 0.3 is 0 Å². The Morgan fingerprint density at radius 2 is 2.05 bits per heavy atom. The number of aryl methyl sites for hydroxylation is 1. The van der Waals surface area contributed by atoms with Crippen molar-refractivity contribution >= 4 is 0 Å². The third-order valence-electron chi connectivity index (χ3n) is 3.61. The van der Waals surface area contributed by atoms with Crippen LogP contribution in [0, 0.1) is 6.92 Å². The van der Waals surface area contributed by atoms with Crippen molar-refractivity contribution in [1.82, 2.24) is 9.78 Å². The third kappa shape index (κ3) is 2.87. The van der Waals surface area contributed by atoms with E-state index in [0.717, 1.165) is 36.1 Å². The second kappa shape index (κ2) is 6.12. The number of benzene rings is 1. The fourth-order valence-electron chi connectivity index (χ4n) is 2.56. The zero-order chi connectivity index (χ0) is 14.7. The molecule has 20 heavy (non-hydrogen) atoms. The van der Waals surface area contributed by atoms with Crippen molar-refractivity contribution in [2.45, 2.75) is 53.0 Å². The van der Waals surface area contributed by atoms with Gasteiger partial charge in [0.05, 0.1) is 5.69 Å². The van der Waals surface area contributed by atoms with Gasteiger partial charge in [0.15, 0.2) is 0 Å². The summed E-state index contributed by atoms with van der Waals surface area (Å²) in [6.07, 6.45) is 2.98. The molecule has 0 unspecified atom stereocenters. The monoisotopic (exact) mass is 272 g/mol. The highest BCUT2D eigenvalue weighted by Gasteiger charge is 2.17. The Balaban J connectivity index is 2.61. The Morgan fingerprint density at radius 1 is 1.30 bits per heavy atom. The maximum Gasteiger partial charge on any atom is 0.267 e. The first kappa shape index (κ1) is 14.6. The summed E-state index contributed by atoms with van der Waals surface area (Å²) in [5.74, 6) is 0. The van der Waals surface area contributed by atoms with E-state index in [9.17, 15) is 4.79 Å². The van der Waals surface area contributed by atoms with Crippen molar-refractivity contribution in [3.8, 4) is 11.3 Å². The van der Waals surface area contributed by atoms with E-state index < -0.39 is 0 Å². The second-order valence-corrected chi connectivity index (χ2v) is 5.70. The third-order valence-corrected chi connectivity index (χ3v) is 3.61. The normalized spacial score (nSPS) is 11.2. The second-order valence-electron chi connectivity index (χ2n) is 5.70. The van der Waals surface area contributed by atoms with E-state index >= 15 is 0 Å². The summed E-state index contributed by atoms with van der Waals surface area (Å²) < 4.78 is 2.00. The number of rotatable bonds is 5. The van der Waals surface area contributed by atoms with Gasteiger partial charge in [-0.1, -0.05) is 37.1 Å². The molecule has 0 aliphatic heterocycles. The lowest BCUT2D eigenvalue weighted by Crippen LogP contribution is -2.09. The molecule has 0 aliphatic rings. The first-order valence-corrected chi connectivity index (χ1v) is 7.45. The van der Waals surface area contributed by atoms with Crippen LogP contribution in [0.25, 0.3) is 11.3 Å². The first-order valence-electron chi connectivity index (χ1n) is 7.45. The van der Waals surface area contributed by atoms with Crippen molar-refractivity contribution in [2.24, 2.45) is 0 Å². The van der Waals surface area contributed by atoms with Gasteiger partial charge in [0.1, 0.15) is 0 Å². The van der Waals surface area contributed by atoms with Gasteiger partial charge < -0.3 is 0 Å². The van der Waals surface area contributed by atoms with Crippen molar-refractivity contribution in [3.05, 3.63) is 45.7 Å². The molecule has 0 spiro atoms. The number of aromatic nitrogens is 2. The van der Waals surface area contributed by atoms with E-state index in [-0.39, 0.29) is 11.6 Å². The molecule has 1 N–H and O–H groups in total. The SMILES string of the molecule is CCCCc1c(-c2cccc(C)c2)n(C(C)C)[nH]c1=O. The molecule has 0 saturated heterocycles. The maximum atomic E-state index is 12.3. The summed E-state index contributed by atoms with van der Waals surface area (Å²) >= 11 is 0. The van der Waals surface area contributed by atoms with Crippen molar-refractivity contribution in [1.29, 1.82) is 0 Å². The Labute approximate surface area is 120 Å². The van der Waals surface area contributed by atoms with Crippen LogP contribution in [0.15, 0.2) is 29.1 Å². The van der Waals surface area contributed by atoms with Gasteiger partial charge in [-0.2, -0.15) is 0 Å². The zero-order valence-corrected chi connectivity index (χ0v) is 12.9. The Morgan fingerprint density at radius 3 is 2.65 bits per heavy atom. The number of hydrogen-bond acceptors (Lipinski definition) is 1. The average molecular weight is 272 g/mol. The van der Waals surface area contributed by atoms with Crippen LogP contribution in [0.4, 0.5) is 0 Å². The van der Waals surface area contributed by atoms with Crippen LogP contribution in [0.3, 0.4) is 0 Å². The minimum Gasteiger partial charge on any atom is -0.282 e. The van der Waals surface area contributed by atoms with E-state index in [4.69, 9.17) is 0 Å². The van der Waals surface area contributed by atoms with E-state index in [0.29, 0.717) is 0 Å². The lowest BCUT2D eigenvalue weighted by atomic mass is 10.0. The van der Waals surface area contributed by atoms with Crippen LogP contribution >= 0.6 is 0 Å². The maximum absolute atomic E-state index is 12.3. The van der Waals surface area contributed by atoms with E-state index in [1.807, 2.05) is 4.68 Å². The van der Waals surface area contributed by atoms with Crippen LogP contribution in [0.1, 0.15) is 50.8 Å². The molecule has 0 saturated carbocycles. The van der Waals surface area contributed by atoms with Gasteiger partial charge in [0, 0.05) is 17.2 Å². The molecule has 2 aromatic rings. The lowest BCUT2D eigenvalue weighted by molar-refractivity contribution is 0.534. The summed E-state index contributed by atoms with van der Waals surface area (Å²) in [5.41, 5.74) is 4.38. The molecular weight excluding hydrogens is 248 g/mol. The van der Waals surface area contributed by atoms with Gasteiger partial charge in [0.2, 0.25) is 0 Å². The van der Waals surface area contributed by atoms with Crippen molar-refractivity contribution in [2.75, 3.05) is 0 Å². The molecule has 0 amide bonds. The summed E-state index contributed by atoms with van der Waals surface area (Å²) in [5, 5.41) is 3.00. The van der Waals surface area contributed by atoms with E-state index in [1.54, 1.807) is 0 Å². The van der Waals surface area contributed by atoms with Crippen molar-refractivity contribution < 1.29 is 0 Å². The molecular formula is C17H24N2O. The average Bonchev–Trinajstić information content (AvgIpc) is 2.73. The van der Waals surface area contributed by atoms with Crippen LogP contribution in [-0.4, -0.2) is 9.78 Å². The number of hydrogen-bond donors (Lipinski definition) is 1. The number of nitrogens with zero attached hydrogens (tertiary/aromatic N) is 1. The smallest absolute Gasteiger partial charge is 0.267 e. The molecule has 0 radical (unpaired) electrons. The highest BCUT2D eigenvalue weighted by atomic mass is 16.1. The predicted molar refractivity (Wildman–Crippen MR) is 84.2 cm³/mol. The molecule has 0 atom stereocenters. The predicted octanol–water partition coefficient (Wildman–Crippen LogP) is 4.08. The van der Waals surface area contributed by atoms with Gasteiger partial charge in [-0.15, -0.1) is 0 Å². The zero-order valence-electron chi connectivity index (χ0n) is 12.9. The fraction of sp³-hybridized carbons (Fsp3) is 0.471. The summed E-state index contributed by atoms with van der Waals surface area (Å²) in [7, 11) is 0. The van der Waals surface area contributed by atoms with Gasteiger partial charge in [-0.05, 0) is 39.7 Å². The quantitative estimate of drug-likeness (QED) is 0.875. The number of nitrogens with one attached hydrogen (secondary N) is 1. The summed E-state index contributed by atoms with van der Waals surface area (Å²) in [6, 6.07) is 8.62. The Bertz CT molecular complexity index is 635. The minimum atomic E-state index is 0.0589. The van der Waals surface area contributed by atoms with Gasteiger partial charge in [-0.25, -0.2) is 0 Å². The number of unbranched alkanes of at least 4 members (excludes halogenated alkanes) is 1. The van der Waals surface area contributed by atoms with Crippen molar-refractivity contribution in [3.63, 3.8) is 0 Å². The molecule has 3 heteroatoms. The van der Waals surface area contributed by atoms with Gasteiger partial charge in [-0.3, -0.25) is 14.6 Å². The molecule has 0 aliphatic carbocycles. The molecule has 1 heterocycles. The highest BCUT2D eigenvalue weighted by Crippen LogP contribution is 2.26. The highest BCUT2D eigenvalue weighted by molar-refractivity contribution is 5.64. The molecule has 0 bridgehead atoms. The Hall–Kier alpha value is -1.77. The number of aromatic amines is 1. The van der Waals surface area contributed by atoms with Crippen LogP contribution in [0.5, 0.6) is 0 Å². The molecule has 0 fully saturated rings. The molecule has 1 aromatic heterocycles. The lowest BCUT2D eigenvalue weighted by Gasteiger charge is -2.14. The topological polar surface area (TPSA) is 37.8 Å². The van der Waals surface area contributed by atoms with Crippen LogP contribution < -0.4 is 5.56 Å². The Kier molecular flexibility index (Phi) is 4.48. The molecule has 2 rings (SSSR count). The van der Waals surface area contributed by atoms with Crippen LogP contribution in [0.2, 0.25) is 0 Å². The molecule has 108 valence electrons. The largest absolute Gasteiger partial charge is 0.282 e.